The number of carbonyl (C=O) groups is 2. The van der Waals surface area contributed by atoms with E-state index in [-0.39, 0.29) is 35.1 Å². The first-order valence-electron chi connectivity index (χ1n) is 8.79. The van der Waals surface area contributed by atoms with Crippen LogP contribution in [0.4, 0.5) is 10.1 Å². The molecule has 0 unspecified atom stereocenters. The highest BCUT2D eigenvalue weighted by Crippen LogP contribution is 2.17. The molecule has 10 heteroatoms. The molecule has 0 fully saturated rings. The van der Waals surface area contributed by atoms with Gasteiger partial charge in [-0.25, -0.2) is 12.8 Å². The largest absolute Gasteiger partial charge is 0.467 e. The van der Waals surface area contributed by atoms with Gasteiger partial charge in [0.2, 0.25) is 5.91 Å². The van der Waals surface area contributed by atoms with E-state index in [0.717, 1.165) is 24.3 Å². The second-order valence-electron chi connectivity index (χ2n) is 6.18. The van der Waals surface area contributed by atoms with Crippen molar-refractivity contribution in [1.29, 1.82) is 0 Å². The van der Waals surface area contributed by atoms with Crippen molar-refractivity contribution in [1.82, 2.24) is 10.6 Å². The number of benzene rings is 2. The van der Waals surface area contributed by atoms with Gasteiger partial charge in [-0.15, -0.1) is 0 Å². The summed E-state index contributed by atoms with van der Waals surface area (Å²) in [6.07, 6.45) is 1.49. The average Bonchev–Trinajstić information content (AvgIpc) is 3.25. The van der Waals surface area contributed by atoms with Crippen LogP contribution < -0.4 is 15.4 Å². The average molecular weight is 431 g/mol. The minimum absolute atomic E-state index is 0.0914. The first kappa shape index (κ1) is 21.1. The molecule has 0 aliphatic carbocycles. The van der Waals surface area contributed by atoms with Crippen LogP contribution in [0.5, 0.6) is 0 Å². The maximum Gasteiger partial charge on any atom is 0.261 e. The molecule has 0 bridgehead atoms. The molecule has 1 aromatic heterocycles. The van der Waals surface area contributed by atoms with E-state index in [2.05, 4.69) is 15.4 Å². The summed E-state index contributed by atoms with van der Waals surface area (Å²) in [4.78, 5) is 23.8. The van der Waals surface area contributed by atoms with Crippen molar-refractivity contribution in [2.24, 2.45) is 0 Å². The Bertz CT molecular complexity index is 1110. The topological polar surface area (TPSA) is 118 Å². The Labute approximate surface area is 172 Å². The van der Waals surface area contributed by atoms with E-state index < -0.39 is 21.7 Å². The number of nitrogens with one attached hydrogen (secondary N) is 3. The molecule has 1 heterocycles. The summed E-state index contributed by atoms with van der Waals surface area (Å²) in [7, 11) is -3.89. The number of halogens is 1. The molecule has 0 saturated heterocycles. The van der Waals surface area contributed by atoms with Crippen LogP contribution in [-0.2, 0) is 21.4 Å². The molecular formula is C20H18FN3O5S. The van der Waals surface area contributed by atoms with Gasteiger partial charge in [-0.1, -0.05) is 0 Å². The van der Waals surface area contributed by atoms with Crippen LogP contribution >= 0.6 is 0 Å². The smallest absolute Gasteiger partial charge is 0.261 e. The first-order chi connectivity index (χ1) is 14.3. The number of carbonyl (C=O) groups excluding carboxylic acids is 2. The molecule has 0 aliphatic rings. The lowest BCUT2D eigenvalue weighted by Gasteiger charge is -2.09. The van der Waals surface area contributed by atoms with Crippen LogP contribution in [0.2, 0.25) is 0 Å². The molecule has 2 amide bonds. The van der Waals surface area contributed by atoms with Crippen LogP contribution in [0.3, 0.4) is 0 Å². The molecule has 3 N–H and O–H groups in total. The Kier molecular flexibility index (Phi) is 6.48. The van der Waals surface area contributed by atoms with Crippen LogP contribution in [0, 0.1) is 5.82 Å². The zero-order valence-corrected chi connectivity index (χ0v) is 16.4. The zero-order chi connectivity index (χ0) is 21.6. The van der Waals surface area contributed by atoms with Crippen molar-refractivity contribution in [3.8, 4) is 0 Å². The molecule has 30 heavy (non-hydrogen) atoms. The van der Waals surface area contributed by atoms with Gasteiger partial charge in [0, 0.05) is 11.3 Å². The summed E-state index contributed by atoms with van der Waals surface area (Å²) < 4.78 is 45.0. The highest BCUT2D eigenvalue weighted by Gasteiger charge is 2.15. The fourth-order valence-corrected chi connectivity index (χ4v) is 3.50. The Morgan fingerprint density at radius 3 is 2.27 bits per heavy atom. The van der Waals surface area contributed by atoms with E-state index in [9.17, 15) is 22.4 Å². The van der Waals surface area contributed by atoms with Crippen LogP contribution in [0.25, 0.3) is 0 Å². The molecule has 0 saturated carbocycles. The Morgan fingerprint density at radius 2 is 1.63 bits per heavy atom. The molecule has 3 aromatic rings. The lowest BCUT2D eigenvalue weighted by molar-refractivity contribution is -0.120. The van der Waals surface area contributed by atoms with Gasteiger partial charge < -0.3 is 15.1 Å². The summed E-state index contributed by atoms with van der Waals surface area (Å²) >= 11 is 0. The number of anilines is 1. The third-order valence-electron chi connectivity index (χ3n) is 3.97. The summed E-state index contributed by atoms with van der Waals surface area (Å²) in [6.45, 7) is -0.0108. The Balaban J connectivity index is 1.52. The SMILES string of the molecule is O=C(CNC(=O)c1ccc(NS(=O)(=O)c2ccc(F)cc2)cc1)NCc1ccco1. The molecule has 0 radical (unpaired) electrons. The highest BCUT2D eigenvalue weighted by molar-refractivity contribution is 7.92. The van der Waals surface area contributed by atoms with Crippen molar-refractivity contribution in [3.63, 3.8) is 0 Å². The summed E-state index contributed by atoms with van der Waals surface area (Å²) in [5, 5.41) is 5.07. The van der Waals surface area contributed by atoms with Gasteiger partial charge in [0.15, 0.2) is 0 Å². The monoisotopic (exact) mass is 431 g/mol. The number of amides is 2. The van der Waals surface area contributed by atoms with E-state index in [1.54, 1.807) is 12.1 Å². The zero-order valence-electron chi connectivity index (χ0n) is 15.6. The van der Waals surface area contributed by atoms with Gasteiger partial charge >= 0.3 is 0 Å². The summed E-state index contributed by atoms with van der Waals surface area (Å²) in [6, 6.07) is 13.5. The number of sulfonamides is 1. The van der Waals surface area contributed by atoms with Crippen molar-refractivity contribution >= 4 is 27.5 Å². The number of furan rings is 1. The fourth-order valence-electron chi connectivity index (χ4n) is 2.44. The molecule has 156 valence electrons. The minimum Gasteiger partial charge on any atom is -0.467 e. The standard InChI is InChI=1S/C20H18FN3O5S/c21-15-5-9-18(10-6-15)30(27,28)24-16-7-3-14(4-8-16)20(26)23-13-19(25)22-12-17-2-1-11-29-17/h1-11,24H,12-13H2,(H,22,25)(H,23,26). The van der Waals surface area contributed by atoms with Gasteiger partial charge in [0.05, 0.1) is 24.2 Å². The van der Waals surface area contributed by atoms with Gasteiger partial charge in [-0.2, -0.15) is 0 Å². The van der Waals surface area contributed by atoms with Gasteiger partial charge in [0.1, 0.15) is 11.6 Å². The fraction of sp³-hybridized carbons (Fsp3) is 0.100. The maximum atomic E-state index is 13.0. The molecule has 2 aromatic carbocycles. The van der Waals surface area contributed by atoms with E-state index in [0.29, 0.717) is 5.76 Å². The van der Waals surface area contributed by atoms with E-state index in [1.807, 2.05) is 0 Å². The third kappa shape index (κ3) is 5.67. The normalized spacial score (nSPS) is 11.0. The van der Waals surface area contributed by atoms with Crippen LogP contribution in [0.15, 0.2) is 76.2 Å². The van der Waals surface area contributed by atoms with Crippen molar-refractivity contribution < 1.29 is 26.8 Å². The lowest BCUT2D eigenvalue weighted by Crippen LogP contribution is -2.36. The quantitative estimate of drug-likeness (QED) is 0.506. The van der Waals surface area contributed by atoms with Gasteiger partial charge in [0.25, 0.3) is 15.9 Å². The summed E-state index contributed by atoms with van der Waals surface area (Å²) in [5.41, 5.74) is 0.477. The second-order valence-corrected chi connectivity index (χ2v) is 7.86. The molecule has 3 rings (SSSR count). The summed E-state index contributed by atoms with van der Waals surface area (Å²) in [5.74, 6) is -0.827. The predicted molar refractivity (Wildman–Crippen MR) is 107 cm³/mol. The van der Waals surface area contributed by atoms with Crippen LogP contribution in [0.1, 0.15) is 16.1 Å². The minimum atomic E-state index is -3.89. The van der Waals surface area contributed by atoms with Crippen molar-refractivity contribution in [2.45, 2.75) is 11.4 Å². The number of hydrogen-bond acceptors (Lipinski definition) is 5. The van der Waals surface area contributed by atoms with Crippen molar-refractivity contribution in [3.05, 3.63) is 84.1 Å². The predicted octanol–water partition coefficient (Wildman–Crippen LogP) is 2.27. The van der Waals surface area contributed by atoms with E-state index in [4.69, 9.17) is 4.42 Å². The van der Waals surface area contributed by atoms with E-state index >= 15 is 0 Å². The van der Waals surface area contributed by atoms with Gasteiger partial charge in [-0.3, -0.25) is 14.3 Å². The lowest BCUT2D eigenvalue weighted by atomic mass is 10.2. The molecular weight excluding hydrogens is 413 g/mol. The maximum absolute atomic E-state index is 13.0. The molecule has 8 nitrogen and oxygen atoms in total. The van der Waals surface area contributed by atoms with Gasteiger partial charge in [-0.05, 0) is 60.7 Å². The van der Waals surface area contributed by atoms with Crippen molar-refractivity contribution in [2.75, 3.05) is 11.3 Å². The Hall–Kier alpha value is -3.66. The number of rotatable bonds is 8. The molecule has 0 atom stereocenters. The van der Waals surface area contributed by atoms with E-state index in [1.165, 1.54) is 30.5 Å². The Morgan fingerprint density at radius 1 is 0.933 bits per heavy atom. The molecule has 0 spiro atoms. The highest BCUT2D eigenvalue weighted by atomic mass is 32.2. The number of hydrogen-bond donors (Lipinski definition) is 3. The first-order valence-corrected chi connectivity index (χ1v) is 10.3. The molecule has 0 aliphatic heterocycles. The van der Waals surface area contributed by atoms with Crippen LogP contribution in [-0.4, -0.2) is 26.8 Å². The third-order valence-corrected chi connectivity index (χ3v) is 5.37. The second kappa shape index (κ2) is 9.23.